The molecule has 5 heteroatoms. The molecular formula is C14H15ClN2O2. The lowest BCUT2D eigenvalue weighted by molar-refractivity contribution is 0.0904. The molecule has 0 saturated heterocycles. The van der Waals surface area contributed by atoms with Crippen molar-refractivity contribution in [3.8, 4) is 0 Å². The lowest BCUT2D eigenvalue weighted by Gasteiger charge is -2.14. The van der Waals surface area contributed by atoms with E-state index in [9.17, 15) is 9.90 Å². The summed E-state index contributed by atoms with van der Waals surface area (Å²) in [4.78, 5) is 15.2. The van der Waals surface area contributed by atoms with Crippen molar-refractivity contribution in [2.75, 3.05) is 6.61 Å². The minimum absolute atomic E-state index is 0.0114. The third-order valence-electron chi connectivity index (χ3n) is 3.53. The van der Waals surface area contributed by atoms with Gasteiger partial charge in [-0.25, -0.2) is 0 Å². The minimum atomic E-state index is -0.182. The van der Waals surface area contributed by atoms with Crippen molar-refractivity contribution in [1.82, 2.24) is 10.3 Å². The van der Waals surface area contributed by atoms with Gasteiger partial charge in [0.05, 0.1) is 12.6 Å². The first-order valence-electron chi connectivity index (χ1n) is 6.37. The zero-order valence-corrected chi connectivity index (χ0v) is 11.1. The van der Waals surface area contributed by atoms with Gasteiger partial charge in [0.25, 0.3) is 5.91 Å². The summed E-state index contributed by atoms with van der Waals surface area (Å²) in [5.41, 5.74) is 1.37. The Balaban J connectivity index is 1.80. The van der Waals surface area contributed by atoms with E-state index in [1.807, 2.05) is 12.1 Å². The Kier molecular flexibility index (Phi) is 3.21. The summed E-state index contributed by atoms with van der Waals surface area (Å²) in [6.45, 7) is -0.0114. The molecular weight excluding hydrogens is 264 g/mol. The Morgan fingerprint density at radius 1 is 1.47 bits per heavy atom. The van der Waals surface area contributed by atoms with Crippen LogP contribution in [0.2, 0.25) is 5.02 Å². The fourth-order valence-corrected chi connectivity index (χ4v) is 2.46. The number of carbonyl (C=O) groups excluding carboxylic acids is 1. The van der Waals surface area contributed by atoms with Crippen LogP contribution in [0.4, 0.5) is 0 Å². The number of hydrogen-bond acceptors (Lipinski definition) is 2. The number of benzene rings is 1. The molecule has 4 nitrogen and oxygen atoms in total. The van der Waals surface area contributed by atoms with Crippen LogP contribution in [0.25, 0.3) is 10.9 Å². The first-order chi connectivity index (χ1) is 9.17. The normalized spacial score (nSPS) is 16.5. The van der Waals surface area contributed by atoms with Gasteiger partial charge >= 0.3 is 0 Å². The van der Waals surface area contributed by atoms with E-state index in [-0.39, 0.29) is 18.6 Å². The molecule has 1 aromatic heterocycles. The van der Waals surface area contributed by atoms with Crippen LogP contribution in [-0.4, -0.2) is 28.6 Å². The number of hydrogen-bond donors (Lipinski definition) is 3. The van der Waals surface area contributed by atoms with Crippen molar-refractivity contribution in [2.45, 2.75) is 18.9 Å². The van der Waals surface area contributed by atoms with Crippen LogP contribution in [0, 0.1) is 5.92 Å². The summed E-state index contributed by atoms with van der Waals surface area (Å²) < 4.78 is 0. The predicted molar refractivity (Wildman–Crippen MR) is 74.4 cm³/mol. The summed E-state index contributed by atoms with van der Waals surface area (Å²) in [7, 11) is 0. The summed E-state index contributed by atoms with van der Waals surface area (Å²) >= 11 is 5.92. The molecule has 3 rings (SSSR count). The van der Waals surface area contributed by atoms with Crippen molar-refractivity contribution < 1.29 is 9.90 Å². The van der Waals surface area contributed by atoms with Crippen LogP contribution in [0.1, 0.15) is 23.3 Å². The predicted octanol–water partition coefficient (Wildman–Crippen LogP) is 2.32. The van der Waals surface area contributed by atoms with E-state index in [1.165, 1.54) is 0 Å². The Morgan fingerprint density at radius 2 is 2.26 bits per heavy atom. The van der Waals surface area contributed by atoms with E-state index in [1.54, 1.807) is 12.1 Å². The number of rotatable bonds is 4. The van der Waals surface area contributed by atoms with Crippen molar-refractivity contribution >= 4 is 28.4 Å². The van der Waals surface area contributed by atoms with E-state index in [2.05, 4.69) is 10.3 Å². The number of aliphatic hydroxyl groups is 1. The highest BCUT2D eigenvalue weighted by Gasteiger charge is 2.32. The zero-order chi connectivity index (χ0) is 13.4. The molecule has 0 aliphatic heterocycles. The number of aromatic nitrogens is 1. The fourth-order valence-electron chi connectivity index (χ4n) is 2.28. The van der Waals surface area contributed by atoms with Crippen LogP contribution < -0.4 is 5.32 Å². The smallest absolute Gasteiger partial charge is 0.268 e. The van der Waals surface area contributed by atoms with E-state index < -0.39 is 0 Å². The molecule has 0 radical (unpaired) electrons. The molecule has 1 unspecified atom stereocenters. The lowest BCUT2D eigenvalue weighted by atomic mass is 10.2. The first-order valence-corrected chi connectivity index (χ1v) is 6.75. The molecule has 3 N–H and O–H groups in total. The number of aliphatic hydroxyl groups excluding tert-OH is 1. The highest BCUT2D eigenvalue weighted by molar-refractivity contribution is 6.31. The maximum absolute atomic E-state index is 12.1. The zero-order valence-electron chi connectivity index (χ0n) is 10.3. The number of halogens is 1. The van der Waals surface area contributed by atoms with Gasteiger partial charge in [-0.3, -0.25) is 4.79 Å². The van der Waals surface area contributed by atoms with Gasteiger partial charge in [0.15, 0.2) is 0 Å². The van der Waals surface area contributed by atoms with Gasteiger partial charge < -0.3 is 15.4 Å². The number of fused-ring (bicyclic) bond motifs is 1. The molecule has 1 fully saturated rings. The number of amides is 1. The topological polar surface area (TPSA) is 65.1 Å². The molecule has 0 spiro atoms. The van der Waals surface area contributed by atoms with Gasteiger partial charge in [0.1, 0.15) is 5.69 Å². The molecule has 1 amide bonds. The van der Waals surface area contributed by atoms with Gasteiger partial charge in [-0.2, -0.15) is 0 Å². The maximum Gasteiger partial charge on any atom is 0.268 e. The minimum Gasteiger partial charge on any atom is -0.394 e. The summed E-state index contributed by atoms with van der Waals surface area (Å²) in [5, 5.41) is 13.7. The third kappa shape index (κ3) is 2.60. The standard InChI is InChI=1S/C14H15ClN2O2/c15-10-3-4-11-9(5-10)6-12(16-11)14(19)17-13(7-18)8-1-2-8/h3-6,8,13,16,18H,1-2,7H2,(H,17,19). The Labute approximate surface area is 115 Å². The average molecular weight is 279 g/mol. The lowest BCUT2D eigenvalue weighted by Crippen LogP contribution is -2.39. The first kappa shape index (κ1) is 12.5. The summed E-state index contributed by atoms with van der Waals surface area (Å²) in [5.74, 6) is 0.242. The van der Waals surface area contributed by atoms with Gasteiger partial charge in [0, 0.05) is 15.9 Å². The maximum atomic E-state index is 12.1. The largest absolute Gasteiger partial charge is 0.394 e. The van der Waals surface area contributed by atoms with Crippen molar-refractivity contribution in [1.29, 1.82) is 0 Å². The third-order valence-corrected chi connectivity index (χ3v) is 3.77. The number of carbonyl (C=O) groups is 1. The average Bonchev–Trinajstić information content (AvgIpc) is 3.15. The van der Waals surface area contributed by atoms with E-state index in [0.29, 0.717) is 16.6 Å². The highest BCUT2D eigenvalue weighted by Crippen LogP contribution is 2.32. The molecule has 19 heavy (non-hydrogen) atoms. The van der Waals surface area contributed by atoms with Crippen LogP contribution >= 0.6 is 11.6 Å². The van der Waals surface area contributed by atoms with Crippen LogP contribution in [-0.2, 0) is 0 Å². The summed E-state index contributed by atoms with van der Waals surface area (Å²) in [6, 6.07) is 7.08. The number of aromatic amines is 1. The van der Waals surface area contributed by atoms with Crippen LogP contribution in [0.15, 0.2) is 24.3 Å². The fraction of sp³-hybridized carbons (Fsp3) is 0.357. The Hall–Kier alpha value is -1.52. The van der Waals surface area contributed by atoms with Gasteiger partial charge in [-0.05, 0) is 43.0 Å². The molecule has 1 atom stereocenters. The molecule has 0 bridgehead atoms. The van der Waals surface area contributed by atoms with Crippen LogP contribution in [0.5, 0.6) is 0 Å². The summed E-state index contributed by atoms with van der Waals surface area (Å²) in [6.07, 6.45) is 2.15. The molecule has 1 aliphatic rings. The van der Waals surface area contributed by atoms with Gasteiger partial charge in [-0.15, -0.1) is 0 Å². The van der Waals surface area contributed by atoms with E-state index >= 15 is 0 Å². The molecule has 2 aromatic rings. The Morgan fingerprint density at radius 3 is 2.95 bits per heavy atom. The second-order valence-corrected chi connectivity index (χ2v) is 5.45. The quantitative estimate of drug-likeness (QED) is 0.804. The second-order valence-electron chi connectivity index (χ2n) is 5.01. The second kappa shape index (κ2) is 4.87. The molecule has 1 aliphatic carbocycles. The van der Waals surface area contributed by atoms with Crippen molar-refractivity contribution in [3.63, 3.8) is 0 Å². The van der Waals surface area contributed by atoms with Crippen molar-refractivity contribution in [2.24, 2.45) is 5.92 Å². The molecule has 1 aromatic carbocycles. The Bertz CT molecular complexity index is 619. The van der Waals surface area contributed by atoms with E-state index in [4.69, 9.17) is 11.6 Å². The number of nitrogens with one attached hydrogen (secondary N) is 2. The monoisotopic (exact) mass is 278 g/mol. The molecule has 100 valence electrons. The number of H-pyrrole nitrogens is 1. The van der Waals surface area contributed by atoms with Gasteiger partial charge in [0.2, 0.25) is 0 Å². The van der Waals surface area contributed by atoms with E-state index in [0.717, 1.165) is 23.7 Å². The molecule has 1 heterocycles. The SMILES string of the molecule is O=C(NC(CO)C1CC1)c1cc2cc(Cl)ccc2[nH]1. The van der Waals surface area contributed by atoms with Crippen LogP contribution in [0.3, 0.4) is 0 Å². The van der Waals surface area contributed by atoms with Crippen molar-refractivity contribution in [3.05, 3.63) is 35.0 Å². The van der Waals surface area contributed by atoms with Gasteiger partial charge in [-0.1, -0.05) is 11.6 Å². The highest BCUT2D eigenvalue weighted by atomic mass is 35.5. The molecule has 1 saturated carbocycles.